The SMILES string of the molecule is CCC1CCCN1Cc1cccc2c1CCNC2. The molecule has 1 atom stereocenters. The molecule has 0 radical (unpaired) electrons. The number of nitrogens with one attached hydrogen (secondary N) is 1. The van der Waals surface area contributed by atoms with Gasteiger partial charge < -0.3 is 5.32 Å². The number of benzene rings is 1. The van der Waals surface area contributed by atoms with Gasteiger partial charge in [-0.25, -0.2) is 0 Å². The molecule has 0 aromatic heterocycles. The maximum atomic E-state index is 3.47. The summed E-state index contributed by atoms with van der Waals surface area (Å²) in [6.07, 6.45) is 5.29. The van der Waals surface area contributed by atoms with Gasteiger partial charge in [0.1, 0.15) is 0 Å². The monoisotopic (exact) mass is 244 g/mol. The summed E-state index contributed by atoms with van der Waals surface area (Å²) in [4.78, 5) is 2.69. The van der Waals surface area contributed by atoms with Crippen LogP contribution in [0.15, 0.2) is 18.2 Å². The van der Waals surface area contributed by atoms with Crippen molar-refractivity contribution in [2.45, 2.75) is 51.7 Å². The second-order valence-corrected chi connectivity index (χ2v) is 5.66. The Labute approximate surface area is 110 Å². The summed E-state index contributed by atoms with van der Waals surface area (Å²) in [5.41, 5.74) is 4.72. The fraction of sp³-hybridized carbons (Fsp3) is 0.625. The second kappa shape index (κ2) is 5.41. The van der Waals surface area contributed by atoms with Crippen LogP contribution < -0.4 is 5.32 Å². The van der Waals surface area contributed by atoms with Crippen LogP contribution in [0.5, 0.6) is 0 Å². The Bertz CT molecular complexity index is 414. The first kappa shape index (κ1) is 12.2. The van der Waals surface area contributed by atoms with Gasteiger partial charge in [-0.2, -0.15) is 0 Å². The number of nitrogens with zero attached hydrogens (tertiary/aromatic N) is 1. The molecule has 0 saturated carbocycles. The van der Waals surface area contributed by atoms with E-state index in [4.69, 9.17) is 0 Å². The van der Waals surface area contributed by atoms with E-state index < -0.39 is 0 Å². The lowest BCUT2D eigenvalue weighted by molar-refractivity contribution is 0.239. The maximum Gasteiger partial charge on any atom is 0.0239 e. The largest absolute Gasteiger partial charge is 0.312 e. The van der Waals surface area contributed by atoms with Crippen LogP contribution in [0.4, 0.5) is 0 Å². The van der Waals surface area contributed by atoms with Crippen molar-refractivity contribution in [2.75, 3.05) is 13.1 Å². The number of fused-ring (bicyclic) bond motifs is 1. The van der Waals surface area contributed by atoms with E-state index in [9.17, 15) is 0 Å². The highest BCUT2D eigenvalue weighted by molar-refractivity contribution is 5.37. The fourth-order valence-electron chi connectivity index (χ4n) is 3.54. The minimum atomic E-state index is 0.822. The van der Waals surface area contributed by atoms with E-state index >= 15 is 0 Å². The van der Waals surface area contributed by atoms with Crippen LogP contribution in [0, 0.1) is 0 Å². The predicted molar refractivity (Wildman–Crippen MR) is 75.6 cm³/mol. The first-order chi connectivity index (χ1) is 8.88. The lowest BCUT2D eigenvalue weighted by Gasteiger charge is -2.27. The molecule has 0 spiro atoms. The van der Waals surface area contributed by atoms with Crippen molar-refractivity contribution < 1.29 is 0 Å². The Morgan fingerprint density at radius 1 is 1.39 bits per heavy atom. The van der Waals surface area contributed by atoms with Crippen molar-refractivity contribution in [3.8, 4) is 0 Å². The Hall–Kier alpha value is -0.860. The Kier molecular flexibility index (Phi) is 3.67. The summed E-state index contributed by atoms with van der Waals surface area (Å²) in [5.74, 6) is 0. The van der Waals surface area contributed by atoms with Crippen molar-refractivity contribution >= 4 is 0 Å². The smallest absolute Gasteiger partial charge is 0.0239 e. The topological polar surface area (TPSA) is 15.3 Å². The van der Waals surface area contributed by atoms with Crippen LogP contribution in [0.1, 0.15) is 42.9 Å². The quantitative estimate of drug-likeness (QED) is 0.879. The molecule has 1 saturated heterocycles. The first-order valence-electron chi connectivity index (χ1n) is 7.43. The number of likely N-dealkylation sites (tertiary alicyclic amines) is 1. The summed E-state index contributed by atoms with van der Waals surface area (Å²) >= 11 is 0. The molecular weight excluding hydrogens is 220 g/mol. The van der Waals surface area contributed by atoms with Crippen molar-refractivity contribution in [3.05, 3.63) is 34.9 Å². The van der Waals surface area contributed by atoms with E-state index in [-0.39, 0.29) is 0 Å². The second-order valence-electron chi connectivity index (χ2n) is 5.66. The minimum absolute atomic E-state index is 0.822. The van der Waals surface area contributed by atoms with E-state index in [1.165, 1.54) is 44.3 Å². The van der Waals surface area contributed by atoms with Crippen LogP contribution in [0.2, 0.25) is 0 Å². The lowest BCUT2D eigenvalue weighted by Crippen LogP contribution is -2.30. The average molecular weight is 244 g/mol. The standard InChI is InChI=1S/C16H24N2/c1-2-15-7-4-10-18(15)12-14-6-3-5-13-11-17-9-8-16(13)14/h3,5-6,15,17H,2,4,7-12H2,1H3. The van der Waals surface area contributed by atoms with Gasteiger partial charge in [0, 0.05) is 19.1 Å². The molecule has 0 amide bonds. The molecule has 2 aliphatic rings. The van der Waals surface area contributed by atoms with E-state index in [1.54, 1.807) is 11.1 Å². The first-order valence-corrected chi connectivity index (χ1v) is 7.43. The van der Waals surface area contributed by atoms with Crippen molar-refractivity contribution in [1.82, 2.24) is 10.2 Å². The maximum absolute atomic E-state index is 3.47. The summed E-state index contributed by atoms with van der Waals surface area (Å²) in [6.45, 7) is 6.98. The van der Waals surface area contributed by atoms with Crippen LogP contribution in [0.25, 0.3) is 0 Å². The Morgan fingerprint density at radius 3 is 3.22 bits per heavy atom. The zero-order valence-corrected chi connectivity index (χ0v) is 11.4. The molecule has 2 aliphatic heterocycles. The van der Waals surface area contributed by atoms with Gasteiger partial charge in [0.2, 0.25) is 0 Å². The summed E-state index contributed by atoms with van der Waals surface area (Å²) in [6, 6.07) is 7.68. The molecule has 2 heterocycles. The molecule has 18 heavy (non-hydrogen) atoms. The number of rotatable bonds is 3. The highest BCUT2D eigenvalue weighted by atomic mass is 15.2. The van der Waals surface area contributed by atoms with Gasteiger partial charge in [0.05, 0.1) is 0 Å². The summed E-state index contributed by atoms with van der Waals surface area (Å²) in [5, 5.41) is 3.47. The van der Waals surface area contributed by atoms with Gasteiger partial charge in [0.25, 0.3) is 0 Å². The third kappa shape index (κ3) is 2.32. The summed E-state index contributed by atoms with van der Waals surface area (Å²) < 4.78 is 0. The molecule has 3 rings (SSSR count). The molecule has 1 aromatic rings. The van der Waals surface area contributed by atoms with Gasteiger partial charge in [-0.1, -0.05) is 25.1 Å². The number of hydrogen-bond donors (Lipinski definition) is 1. The van der Waals surface area contributed by atoms with Gasteiger partial charge in [0.15, 0.2) is 0 Å². The Morgan fingerprint density at radius 2 is 2.33 bits per heavy atom. The van der Waals surface area contributed by atoms with Crippen molar-refractivity contribution in [1.29, 1.82) is 0 Å². The van der Waals surface area contributed by atoms with Crippen molar-refractivity contribution in [3.63, 3.8) is 0 Å². The van der Waals surface area contributed by atoms with Gasteiger partial charge in [-0.15, -0.1) is 0 Å². The normalized spacial score (nSPS) is 24.2. The number of hydrogen-bond acceptors (Lipinski definition) is 2. The fourth-order valence-corrected chi connectivity index (χ4v) is 3.54. The van der Waals surface area contributed by atoms with Gasteiger partial charge >= 0.3 is 0 Å². The van der Waals surface area contributed by atoms with Crippen molar-refractivity contribution in [2.24, 2.45) is 0 Å². The predicted octanol–water partition coefficient (Wildman–Crippen LogP) is 2.71. The highest BCUT2D eigenvalue weighted by Crippen LogP contribution is 2.25. The van der Waals surface area contributed by atoms with E-state index in [1.807, 2.05) is 0 Å². The third-order valence-corrected chi connectivity index (χ3v) is 4.58. The van der Waals surface area contributed by atoms with Crippen LogP contribution in [-0.2, 0) is 19.5 Å². The van der Waals surface area contributed by atoms with Gasteiger partial charge in [-0.05, 0) is 55.5 Å². The van der Waals surface area contributed by atoms with Crippen LogP contribution >= 0.6 is 0 Å². The molecular formula is C16H24N2. The highest BCUT2D eigenvalue weighted by Gasteiger charge is 2.24. The van der Waals surface area contributed by atoms with E-state index in [2.05, 4.69) is 35.3 Å². The molecule has 2 nitrogen and oxygen atoms in total. The zero-order chi connectivity index (χ0) is 12.4. The molecule has 0 aliphatic carbocycles. The van der Waals surface area contributed by atoms with E-state index in [0.29, 0.717) is 0 Å². The molecule has 1 unspecified atom stereocenters. The lowest BCUT2D eigenvalue weighted by atomic mass is 9.95. The molecule has 2 heteroatoms. The molecule has 0 bridgehead atoms. The van der Waals surface area contributed by atoms with E-state index in [0.717, 1.165) is 19.1 Å². The van der Waals surface area contributed by atoms with Gasteiger partial charge in [-0.3, -0.25) is 4.90 Å². The summed E-state index contributed by atoms with van der Waals surface area (Å²) in [7, 11) is 0. The minimum Gasteiger partial charge on any atom is -0.312 e. The molecule has 98 valence electrons. The Balaban J connectivity index is 1.80. The third-order valence-electron chi connectivity index (χ3n) is 4.58. The molecule has 1 fully saturated rings. The van der Waals surface area contributed by atoms with Crippen LogP contribution in [-0.4, -0.2) is 24.0 Å². The molecule has 1 N–H and O–H groups in total. The molecule has 1 aromatic carbocycles. The average Bonchev–Trinajstić information content (AvgIpc) is 2.86. The van der Waals surface area contributed by atoms with Crippen LogP contribution in [0.3, 0.4) is 0 Å². The zero-order valence-electron chi connectivity index (χ0n) is 11.4.